The molecule has 0 rings (SSSR count). The minimum absolute atomic E-state index is 0.0293. The maximum Gasteiger partial charge on any atom is 0.109 e. The van der Waals surface area contributed by atoms with Gasteiger partial charge >= 0.3 is 0 Å². The van der Waals surface area contributed by atoms with Crippen molar-refractivity contribution in [2.75, 3.05) is 6.54 Å². The largest absolute Gasteiger partial charge is 0.184 e. The van der Waals surface area contributed by atoms with E-state index < -0.39 is 0 Å². The molecule has 17 heavy (non-hydrogen) atoms. The van der Waals surface area contributed by atoms with E-state index >= 15 is 0 Å². The normalized spacial score (nSPS) is 11.1. The van der Waals surface area contributed by atoms with Crippen LogP contribution < -0.4 is 0 Å². The number of azo groups is 1. The Bertz CT molecular complexity index is 348. The van der Waals surface area contributed by atoms with Gasteiger partial charge in [0, 0.05) is 5.41 Å². The Hall–Kier alpha value is -1.40. The van der Waals surface area contributed by atoms with Crippen LogP contribution in [0.15, 0.2) is 52.5 Å². The van der Waals surface area contributed by atoms with Gasteiger partial charge in [0.1, 0.15) is 5.70 Å². The number of hydrogen-bond acceptors (Lipinski definition) is 2. The summed E-state index contributed by atoms with van der Waals surface area (Å²) in [6.45, 7) is 16.5. The molecule has 0 fully saturated rings. The summed E-state index contributed by atoms with van der Waals surface area (Å²) in [7, 11) is 0. The van der Waals surface area contributed by atoms with E-state index in [2.05, 4.69) is 49.9 Å². The second-order valence-corrected chi connectivity index (χ2v) is 5.01. The Morgan fingerprint density at radius 3 is 2.47 bits per heavy atom. The van der Waals surface area contributed by atoms with Crippen LogP contribution in [0.1, 0.15) is 40.5 Å². The van der Waals surface area contributed by atoms with Crippen molar-refractivity contribution >= 4 is 0 Å². The zero-order valence-corrected chi connectivity index (χ0v) is 11.6. The molecule has 0 heterocycles. The van der Waals surface area contributed by atoms with E-state index in [9.17, 15) is 0 Å². The van der Waals surface area contributed by atoms with Crippen molar-refractivity contribution in [2.45, 2.75) is 40.5 Å². The van der Waals surface area contributed by atoms with E-state index in [0.29, 0.717) is 6.54 Å². The maximum absolute atomic E-state index is 4.25. The quantitative estimate of drug-likeness (QED) is 0.347. The predicted octanol–water partition coefficient (Wildman–Crippen LogP) is 5.07. The van der Waals surface area contributed by atoms with E-state index in [1.54, 1.807) is 0 Å². The molecule has 2 nitrogen and oxygen atoms in total. The van der Waals surface area contributed by atoms with Crippen LogP contribution >= 0.6 is 0 Å². The fourth-order valence-electron chi connectivity index (χ4n) is 1.12. The van der Waals surface area contributed by atoms with Gasteiger partial charge in [0.05, 0.1) is 6.54 Å². The molecular weight excluding hydrogens is 208 g/mol. The molecule has 0 bridgehead atoms. The van der Waals surface area contributed by atoms with Crippen LogP contribution in [0.5, 0.6) is 0 Å². The summed E-state index contributed by atoms with van der Waals surface area (Å²) >= 11 is 0. The number of rotatable bonds is 6. The highest BCUT2D eigenvalue weighted by atomic mass is 15.1. The first-order valence-corrected chi connectivity index (χ1v) is 5.98. The molecule has 0 radical (unpaired) electrons. The van der Waals surface area contributed by atoms with Gasteiger partial charge in [0.15, 0.2) is 0 Å². The topological polar surface area (TPSA) is 24.7 Å². The summed E-state index contributed by atoms with van der Waals surface area (Å²) in [5.74, 6) is 0. The highest BCUT2D eigenvalue weighted by Crippen LogP contribution is 2.25. The Balaban J connectivity index is 4.45. The van der Waals surface area contributed by atoms with Crippen molar-refractivity contribution in [1.82, 2.24) is 0 Å². The Morgan fingerprint density at radius 2 is 2.00 bits per heavy atom. The maximum atomic E-state index is 4.25. The highest BCUT2D eigenvalue weighted by molar-refractivity contribution is 5.08. The van der Waals surface area contributed by atoms with Gasteiger partial charge in [-0.05, 0) is 25.8 Å². The number of allylic oxidation sites excluding steroid dienone is 2. The Morgan fingerprint density at radius 1 is 1.35 bits per heavy atom. The van der Waals surface area contributed by atoms with Gasteiger partial charge in [-0.2, -0.15) is 10.2 Å². The zero-order valence-electron chi connectivity index (χ0n) is 11.6. The molecule has 0 atom stereocenters. The molecule has 0 N–H and O–H groups in total. The molecule has 0 spiro atoms. The molecule has 0 aromatic carbocycles. The molecule has 2 heteroatoms. The summed E-state index contributed by atoms with van der Waals surface area (Å²) < 4.78 is 0. The summed E-state index contributed by atoms with van der Waals surface area (Å²) in [6, 6.07) is 0. The van der Waals surface area contributed by atoms with Gasteiger partial charge in [-0.1, -0.05) is 44.7 Å². The first-order valence-electron chi connectivity index (χ1n) is 5.98. The van der Waals surface area contributed by atoms with Crippen LogP contribution in [0.25, 0.3) is 0 Å². The minimum atomic E-state index is -0.0293. The molecule has 0 aromatic rings. The van der Waals surface area contributed by atoms with Crippen LogP contribution in [0.4, 0.5) is 0 Å². The van der Waals surface area contributed by atoms with Crippen molar-refractivity contribution in [3.8, 4) is 0 Å². The SMILES string of the molecule is C=CCCC(=C)C/N=N\C(=C=CC)C(C)(C)C. The zero-order chi connectivity index (χ0) is 13.3. The van der Waals surface area contributed by atoms with Crippen molar-refractivity contribution < 1.29 is 0 Å². The third-order valence-electron chi connectivity index (χ3n) is 2.16. The van der Waals surface area contributed by atoms with Gasteiger partial charge in [0.25, 0.3) is 0 Å². The summed E-state index contributed by atoms with van der Waals surface area (Å²) in [5.41, 5.74) is 5.05. The van der Waals surface area contributed by atoms with Crippen LogP contribution in [0, 0.1) is 5.41 Å². The summed E-state index contributed by atoms with van der Waals surface area (Å²) in [6.07, 6.45) is 5.64. The fourth-order valence-corrected chi connectivity index (χ4v) is 1.12. The second kappa shape index (κ2) is 7.81. The van der Waals surface area contributed by atoms with Crippen LogP contribution in [-0.4, -0.2) is 6.54 Å². The molecule has 0 unspecified atom stereocenters. The molecule has 94 valence electrons. The van der Waals surface area contributed by atoms with E-state index in [-0.39, 0.29) is 5.41 Å². The van der Waals surface area contributed by atoms with E-state index in [1.165, 1.54) is 0 Å². The summed E-state index contributed by atoms with van der Waals surface area (Å²) in [5, 5.41) is 8.43. The standard InChI is InChI=1S/C15H24N2/c1-7-9-11-13(3)12-16-17-14(10-8-2)15(4,5)6/h7-8H,1,3,9,11-12H2,2,4-6H3/b17-16-. The van der Waals surface area contributed by atoms with Crippen molar-refractivity contribution in [1.29, 1.82) is 0 Å². The number of nitrogens with zero attached hydrogens (tertiary/aromatic N) is 2. The molecule has 0 saturated heterocycles. The fraction of sp³-hybridized carbons (Fsp3) is 0.533. The van der Waals surface area contributed by atoms with E-state index in [0.717, 1.165) is 24.1 Å². The minimum Gasteiger partial charge on any atom is -0.184 e. The molecule has 0 aliphatic heterocycles. The van der Waals surface area contributed by atoms with Crippen molar-refractivity contribution in [3.63, 3.8) is 0 Å². The molecular formula is C15H24N2. The highest BCUT2D eigenvalue weighted by Gasteiger charge is 2.16. The number of hydrogen-bond donors (Lipinski definition) is 0. The molecule has 0 aliphatic carbocycles. The summed E-state index contributed by atoms with van der Waals surface area (Å²) in [4.78, 5) is 0. The Kier molecular flexibility index (Phi) is 7.16. The van der Waals surface area contributed by atoms with Crippen LogP contribution in [0.3, 0.4) is 0 Å². The lowest BCUT2D eigenvalue weighted by molar-refractivity contribution is 0.492. The Labute approximate surface area is 106 Å². The van der Waals surface area contributed by atoms with Crippen LogP contribution in [-0.2, 0) is 0 Å². The van der Waals surface area contributed by atoms with Crippen molar-refractivity contribution in [2.24, 2.45) is 15.6 Å². The van der Waals surface area contributed by atoms with Gasteiger partial charge in [-0.3, -0.25) is 0 Å². The lowest BCUT2D eigenvalue weighted by atomic mass is 9.93. The van der Waals surface area contributed by atoms with Crippen molar-refractivity contribution in [3.05, 3.63) is 42.3 Å². The second-order valence-electron chi connectivity index (χ2n) is 5.01. The van der Waals surface area contributed by atoms with Crippen LogP contribution in [0.2, 0.25) is 0 Å². The third-order valence-corrected chi connectivity index (χ3v) is 2.16. The van der Waals surface area contributed by atoms with Gasteiger partial charge < -0.3 is 0 Å². The van der Waals surface area contributed by atoms with E-state index in [4.69, 9.17) is 0 Å². The van der Waals surface area contributed by atoms with Gasteiger partial charge in [0.2, 0.25) is 0 Å². The monoisotopic (exact) mass is 232 g/mol. The molecule has 0 aromatic heterocycles. The van der Waals surface area contributed by atoms with Gasteiger partial charge in [-0.25, -0.2) is 0 Å². The lowest BCUT2D eigenvalue weighted by Crippen LogP contribution is -2.06. The smallest absolute Gasteiger partial charge is 0.109 e. The first-order chi connectivity index (χ1) is 7.91. The molecule has 0 amide bonds. The average Bonchev–Trinajstić information content (AvgIpc) is 2.23. The van der Waals surface area contributed by atoms with Gasteiger partial charge in [-0.15, -0.1) is 6.58 Å². The third kappa shape index (κ3) is 7.48. The lowest BCUT2D eigenvalue weighted by Gasteiger charge is -2.15. The van der Waals surface area contributed by atoms with E-state index in [1.807, 2.05) is 19.1 Å². The predicted molar refractivity (Wildman–Crippen MR) is 75.0 cm³/mol. The first kappa shape index (κ1) is 15.6. The molecule has 0 aliphatic rings. The average molecular weight is 232 g/mol. The molecule has 0 saturated carbocycles.